The highest BCUT2D eigenvalue weighted by Gasteiger charge is 2.04. The molecule has 0 saturated heterocycles. The molecule has 0 saturated carbocycles. The summed E-state index contributed by atoms with van der Waals surface area (Å²) in [5.74, 6) is 0.175. The summed E-state index contributed by atoms with van der Waals surface area (Å²) in [6.45, 7) is -0.572. The molecule has 0 aromatic heterocycles. The van der Waals surface area contributed by atoms with Crippen LogP contribution in [-0.4, -0.2) is 32.0 Å². The van der Waals surface area contributed by atoms with Gasteiger partial charge in [-0.2, -0.15) is 0 Å². The summed E-state index contributed by atoms with van der Waals surface area (Å²) in [5, 5.41) is 2.40. The highest BCUT2D eigenvalue weighted by molar-refractivity contribution is 5.95. The molecular weight excluding hydrogens is 213 g/mol. The van der Waals surface area contributed by atoms with Gasteiger partial charge < -0.3 is 14.8 Å². The number of nitrogens with one attached hydrogen (secondary N) is 1. The lowest BCUT2D eigenvalue weighted by Gasteiger charge is -2.05. The van der Waals surface area contributed by atoms with Gasteiger partial charge in [-0.1, -0.05) is 0 Å². The van der Waals surface area contributed by atoms with Crippen LogP contribution >= 0.6 is 0 Å². The summed E-state index contributed by atoms with van der Waals surface area (Å²) in [6.07, 6.45) is 0.608. The first-order chi connectivity index (χ1) is 7.77. The molecule has 16 heavy (non-hydrogen) atoms. The Hall–Kier alpha value is -1.91. The van der Waals surface area contributed by atoms with Gasteiger partial charge in [0, 0.05) is 5.56 Å². The van der Waals surface area contributed by atoms with Crippen molar-refractivity contribution < 1.29 is 18.7 Å². The van der Waals surface area contributed by atoms with Gasteiger partial charge in [-0.25, -0.2) is 4.39 Å². The molecule has 0 fully saturated rings. The average molecular weight is 225 g/mol. The van der Waals surface area contributed by atoms with Gasteiger partial charge in [-0.15, -0.1) is 0 Å². The van der Waals surface area contributed by atoms with Crippen LogP contribution in [-0.2, 0) is 4.79 Å². The largest absolute Gasteiger partial charge is 0.491 e. The van der Waals surface area contributed by atoms with Gasteiger partial charge in [0.05, 0.1) is 6.54 Å². The standard InChI is InChI=1S/C11H12FNO3/c12-5-8-16-10-3-1-9(2-4-10)11(15)13-6-7-14/h1-4,7H,5-6,8H2,(H,13,15). The fraction of sp³-hybridized carbons (Fsp3) is 0.273. The van der Waals surface area contributed by atoms with Crippen LogP contribution in [0, 0.1) is 0 Å². The van der Waals surface area contributed by atoms with Gasteiger partial charge in [0.2, 0.25) is 0 Å². The van der Waals surface area contributed by atoms with Crippen molar-refractivity contribution in [2.45, 2.75) is 0 Å². The molecule has 1 N–H and O–H groups in total. The molecule has 1 aromatic rings. The van der Waals surface area contributed by atoms with Crippen molar-refractivity contribution in [2.75, 3.05) is 19.8 Å². The number of rotatable bonds is 6. The van der Waals surface area contributed by atoms with E-state index in [0.29, 0.717) is 17.6 Å². The predicted octanol–water partition coefficient (Wildman–Crippen LogP) is 0.964. The first-order valence-corrected chi connectivity index (χ1v) is 4.78. The Kier molecular flexibility index (Phi) is 4.98. The molecule has 1 aromatic carbocycles. The van der Waals surface area contributed by atoms with E-state index in [-0.39, 0.29) is 19.1 Å². The minimum Gasteiger partial charge on any atom is -0.491 e. The molecule has 0 bridgehead atoms. The zero-order chi connectivity index (χ0) is 11.8. The molecule has 5 heteroatoms. The number of halogens is 1. The number of carbonyl (C=O) groups excluding carboxylic acids is 2. The first-order valence-electron chi connectivity index (χ1n) is 4.78. The average Bonchev–Trinajstić information content (AvgIpc) is 2.34. The van der Waals surface area contributed by atoms with Crippen LogP contribution in [0.25, 0.3) is 0 Å². The number of alkyl halides is 1. The number of hydrogen-bond donors (Lipinski definition) is 1. The van der Waals surface area contributed by atoms with Crippen molar-refractivity contribution in [1.29, 1.82) is 0 Å². The molecular formula is C11H12FNO3. The zero-order valence-electron chi connectivity index (χ0n) is 8.61. The number of aldehydes is 1. The Bertz CT molecular complexity index is 351. The van der Waals surface area contributed by atoms with E-state index < -0.39 is 6.67 Å². The lowest BCUT2D eigenvalue weighted by Crippen LogP contribution is -2.24. The maximum atomic E-state index is 11.8. The smallest absolute Gasteiger partial charge is 0.251 e. The lowest BCUT2D eigenvalue weighted by molar-refractivity contribution is -0.107. The van der Waals surface area contributed by atoms with E-state index in [1.54, 1.807) is 24.3 Å². The van der Waals surface area contributed by atoms with Crippen LogP contribution in [0.2, 0.25) is 0 Å². The van der Waals surface area contributed by atoms with Gasteiger partial charge in [0.1, 0.15) is 25.3 Å². The number of carbonyl (C=O) groups is 2. The summed E-state index contributed by atoms with van der Waals surface area (Å²) in [4.78, 5) is 21.4. The number of hydrogen-bond acceptors (Lipinski definition) is 3. The van der Waals surface area contributed by atoms with Crippen molar-refractivity contribution in [3.8, 4) is 5.75 Å². The highest BCUT2D eigenvalue weighted by atomic mass is 19.1. The van der Waals surface area contributed by atoms with Gasteiger partial charge in [-0.3, -0.25) is 4.79 Å². The van der Waals surface area contributed by atoms with Crippen LogP contribution in [0.1, 0.15) is 10.4 Å². The maximum Gasteiger partial charge on any atom is 0.251 e. The van der Waals surface area contributed by atoms with Crippen LogP contribution in [0.5, 0.6) is 5.75 Å². The molecule has 86 valence electrons. The second kappa shape index (κ2) is 6.55. The summed E-state index contributed by atoms with van der Waals surface area (Å²) >= 11 is 0. The molecule has 0 spiro atoms. The van der Waals surface area contributed by atoms with Crippen molar-refractivity contribution in [3.05, 3.63) is 29.8 Å². The first kappa shape index (κ1) is 12.2. The number of amides is 1. The van der Waals surface area contributed by atoms with Gasteiger partial charge in [0.15, 0.2) is 0 Å². The normalized spacial score (nSPS) is 9.56. The van der Waals surface area contributed by atoms with Crippen LogP contribution in [0.4, 0.5) is 4.39 Å². The molecule has 0 unspecified atom stereocenters. The Labute approximate surface area is 92.4 Å². The number of benzene rings is 1. The SMILES string of the molecule is O=CCNC(=O)c1ccc(OCCF)cc1. The Morgan fingerprint density at radius 1 is 1.38 bits per heavy atom. The quantitative estimate of drug-likeness (QED) is 0.734. The fourth-order valence-corrected chi connectivity index (χ4v) is 1.10. The third kappa shape index (κ3) is 3.68. The van der Waals surface area contributed by atoms with Crippen molar-refractivity contribution >= 4 is 12.2 Å². The minimum absolute atomic E-state index is 0.00329. The Morgan fingerprint density at radius 3 is 2.62 bits per heavy atom. The molecule has 0 atom stereocenters. The minimum atomic E-state index is -0.554. The highest BCUT2D eigenvalue weighted by Crippen LogP contribution is 2.11. The van der Waals surface area contributed by atoms with Crippen molar-refractivity contribution in [2.24, 2.45) is 0 Å². The second-order valence-electron chi connectivity index (χ2n) is 2.94. The van der Waals surface area contributed by atoms with Crippen molar-refractivity contribution in [3.63, 3.8) is 0 Å². The summed E-state index contributed by atoms with van der Waals surface area (Å²) in [7, 11) is 0. The maximum absolute atomic E-state index is 11.8. The lowest BCUT2D eigenvalue weighted by atomic mass is 10.2. The van der Waals surface area contributed by atoms with E-state index in [1.807, 2.05) is 0 Å². The van der Waals surface area contributed by atoms with E-state index in [9.17, 15) is 14.0 Å². The fourth-order valence-electron chi connectivity index (χ4n) is 1.10. The second-order valence-corrected chi connectivity index (χ2v) is 2.94. The van der Waals surface area contributed by atoms with Crippen LogP contribution < -0.4 is 10.1 Å². The molecule has 0 aliphatic heterocycles. The topological polar surface area (TPSA) is 55.4 Å². The van der Waals surface area contributed by atoms with Crippen LogP contribution in [0.3, 0.4) is 0 Å². The van der Waals surface area contributed by atoms with Crippen LogP contribution in [0.15, 0.2) is 24.3 Å². The molecule has 1 rings (SSSR count). The third-order valence-electron chi connectivity index (χ3n) is 1.81. The number of ether oxygens (including phenoxy) is 1. The van der Waals surface area contributed by atoms with E-state index >= 15 is 0 Å². The Morgan fingerprint density at radius 2 is 2.06 bits per heavy atom. The third-order valence-corrected chi connectivity index (χ3v) is 1.81. The molecule has 0 heterocycles. The molecule has 0 aliphatic rings. The van der Waals surface area contributed by atoms with E-state index in [2.05, 4.69) is 5.32 Å². The summed E-state index contributed by atoms with van der Waals surface area (Å²) in [5.41, 5.74) is 0.425. The van der Waals surface area contributed by atoms with Crippen molar-refractivity contribution in [1.82, 2.24) is 5.32 Å². The molecule has 1 amide bonds. The van der Waals surface area contributed by atoms with Gasteiger partial charge in [0.25, 0.3) is 5.91 Å². The van der Waals surface area contributed by atoms with Gasteiger partial charge in [-0.05, 0) is 24.3 Å². The summed E-state index contributed by atoms with van der Waals surface area (Å²) in [6, 6.07) is 6.25. The molecule has 0 aliphatic carbocycles. The summed E-state index contributed by atoms with van der Waals surface area (Å²) < 4.78 is 16.8. The monoisotopic (exact) mass is 225 g/mol. The van der Waals surface area contributed by atoms with E-state index in [4.69, 9.17) is 4.74 Å². The molecule has 0 radical (unpaired) electrons. The van der Waals surface area contributed by atoms with Gasteiger partial charge >= 0.3 is 0 Å². The Balaban J connectivity index is 2.56. The predicted molar refractivity (Wildman–Crippen MR) is 56.3 cm³/mol. The van der Waals surface area contributed by atoms with E-state index in [0.717, 1.165) is 0 Å². The molecule has 4 nitrogen and oxygen atoms in total. The van der Waals surface area contributed by atoms with E-state index in [1.165, 1.54) is 0 Å². The zero-order valence-corrected chi connectivity index (χ0v) is 8.61.